The van der Waals surface area contributed by atoms with Crippen LogP contribution in [0.25, 0.3) is 5.70 Å². The van der Waals surface area contributed by atoms with Gasteiger partial charge in [0.1, 0.15) is 5.70 Å². The molecule has 7 nitrogen and oxygen atoms in total. The minimum Gasteiger partial charge on any atom is -0.493 e. The standard InChI is InChI=1S/C25H29BrN4O3S/c1-4-6-7-10-13-34-25-28-24(31)22-16-11-8-9-12-19(16)27-23(30(22)29-25)17-14-21(33-5-2)20(32-3)15-18(17)26/h8-9,11-12,14-15,23H,4-7,10,13H2,1-3H3,(H,28,29,31). The van der Waals surface area contributed by atoms with Gasteiger partial charge in [-0.3, -0.25) is 15.1 Å². The molecular formula is C25H29BrN4O3S. The van der Waals surface area contributed by atoms with Gasteiger partial charge in [0.25, 0.3) is 5.91 Å². The first-order valence-electron chi connectivity index (χ1n) is 11.6. The molecule has 0 saturated heterocycles. The minimum absolute atomic E-state index is 0.173. The summed E-state index contributed by atoms with van der Waals surface area (Å²) in [7, 11) is 1.61. The van der Waals surface area contributed by atoms with Gasteiger partial charge >= 0.3 is 0 Å². The second-order valence-electron chi connectivity index (χ2n) is 7.94. The van der Waals surface area contributed by atoms with E-state index in [1.807, 2.05) is 43.3 Å². The summed E-state index contributed by atoms with van der Waals surface area (Å²) in [6, 6.07) is 11.4. The minimum atomic E-state index is -0.536. The third-order valence-electron chi connectivity index (χ3n) is 5.61. The zero-order valence-electron chi connectivity index (χ0n) is 19.6. The molecule has 1 atom stereocenters. The highest BCUT2D eigenvalue weighted by Crippen LogP contribution is 2.40. The van der Waals surface area contributed by atoms with E-state index >= 15 is 0 Å². The molecule has 1 amide bonds. The fraction of sp³-hybridized carbons (Fsp3) is 0.400. The van der Waals surface area contributed by atoms with Gasteiger partial charge < -0.3 is 9.47 Å². The number of rotatable bonds is 9. The first kappa shape index (κ1) is 24.6. The van der Waals surface area contributed by atoms with Gasteiger partial charge in [0.2, 0.25) is 0 Å². The number of nitrogens with zero attached hydrogens (tertiary/aromatic N) is 3. The summed E-state index contributed by atoms with van der Waals surface area (Å²) in [6.07, 6.45) is 4.14. The number of amidine groups is 1. The molecule has 9 heteroatoms. The molecule has 0 fully saturated rings. The Morgan fingerprint density at radius 3 is 2.74 bits per heavy atom. The number of unbranched alkanes of at least 4 members (excludes halogenated alkanes) is 3. The van der Waals surface area contributed by atoms with E-state index in [1.54, 1.807) is 23.9 Å². The molecule has 0 radical (unpaired) electrons. The third-order valence-corrected chi connectivity index (χ3v) is 7.25. The van der Waals surface area contributed by atoms with Crippen LogP contribution in [0.2, 0.25) is 0 Å². The van der Waals surface area contributed by atoms with Crippen LogP contribution < -0.4 is 25.4 Å². The maximum Gasteiger partial charge on any atom is 0.276 e. The molecule has 0 aromatic heterocycles. The molecule has 2 aromatic carbocycles. The molecule has 4 rings (SSSR count). The van der Waals surface area contributed by atoms with Crippen LogP contribution in [0.5, 0.6) is 11.5 Å². The number of hydrogen-bond acceptors (Lipinski definition) is 7. The van der Waals surface area contributed by atoms with E-state index in [9.17, 15) is 4.79 Å². The highest BCUT2D eigenvalue weighted by molar-refractivity contribution is 9.10. The molecule has 1 unspecified atom stereocenters. The number of nitrogens with one attached hydrogen (secondary N) is 1. The van der Waals surface area contributed by atoms with Gasteiger partial charge in [-0.2, -0.15) is 0 Å². The Kier molecular flexibility index (Phi) is 8.15. The lowest BCUT2D eigenvalue weighted by Gasteiger charge is -2.34. The lowest BCUT2D eigenvalue weighted by molar-refractivity contribution is -0.116. The lowest BCUT2D eigenvalue weighted by atomic mass is 10.1. The van der Waals surface area contributed by atoms with Crippen LogP contribution in [-0.4, -0.2) is 35.6 Å². The fourth-order valence-corrected chi connectivity index (χ4v) is 5.35. The average molecular weight is 546 g/mol. The van der Waals surface area contributed by atoms with Crippen molar-refractivity contribution in [3.8, 4) is 11.5 Å². The number of benzene rings is 2. The van der Waals surface area contributed by atoms with Crippen molar-refractivity contribution in [2.24, 2.45) is 10.1 Å². The van der Waals surface area contributed by atoms with Crippen LogP contribution in [0.3, 0.4) is 0 Å². The van der Waals surface area contributed by atoms with E-state index in [4.69, 9.17) is 19.6 Å². The van der Waals surface area contributed by atoms with E-state index in [0.717, 1.165) is 32.8 Å². The SMILES string of the molecule is CCCCCCSC1=NN2C(=c3ccccc3=NC2c2cc(OCC)c(OC)cc2Br)C(=O)N1. The zero-order chi connectivity index (χ0) is 24.1. The predicted molar refractivity (Wildman–Crippen MR) is 139 cm³/mol. The maximum atomic E-state index is 13.3. The molecule has 2 aliphatic heterocycles. The van der Waals surface area contributed by atoms with Crippen LogP contribution in [0, 0.1) is 0 Å². The van der Waals surface area contributed by atoms with E-state index in [-0.39, 0.29) is 5.91 Å². The molecule has 0 bridgehead atoms. The number of carbonyl (C=O) groups is 1. The highest BCUT2D eigenvalue weighted by Gasteiger charge is 2.35. The van der Waals surface area contributed by atoms with Gasteiger partial charge in [0, 0.05) is 21.0 Å². The molecular weight excluding hydrogens is 516 g/mol. The number of amides is 1. The fourth-order valence-electron chi connectivity index (χ4n) is 3.97. The first-order valence-corrected chi connectivity index (χ1v) is 13.3. The Bertz CT molecular complexity index is 1220. The van der Waals surface area contributed by atoms with E-state index < -0.39 is 6.17 Å². The number of carbonyl (C=O) groups excluding carboxylic acids is 1. The van der Waals surface area contributed by atoms with Gasteiger partial charge in [0.15, 0.2) is 22.8 Å². The van der Waals surface area contributed by atoms with Crippen LogP contribution >= 0.6 is 27.7 Å². The highest BCUT2D eigenvalue weighted by atomic mass is 79.9. The second-order valence-corrected chi connectivity index (χ2v) is 9.88. The largest absolute Gasteiger partial charge is 0.493 e. The van der Waals surface area contributed by atoms with Crippen molar-refractivity contribution in [1.29, 1.82) is 0 Å². The number of hydrazone groups is 1. The summed E-state index contributed by atoms with van der Waals surface area (Å²) in [5.74, 6) is 1.98. The van der Waals surface area contributed by atoms with Gasteiger partial charge in [-0.1, -0.05) is 72.1 Å². The van der Waals surface area contributed by atoms with Gasteiger partial charge in [0.05, 0.1) is 19.1 Å². The molecule has 180 valence electrons. The summed E-state index contributed by atoms with van der Waals surface area (Å²) in [5, 5.41) is 11.7. The Hall–Kier alpha value is -2.52. The Morgan fingerprint density at radius 2 is 1.97 bits per heavy atom. The normalized spacial score (nSPS) is 16.8. The topological polar surface area (TPSA) is 75.5 Å². The van der Waals surface area contributed by atoms with E-state index in [2.05, 4.69) is 28.2 Å². The lowest BCUT2D eigenvalue weighted by Crippen LogP contribution is -2.50. The molecule has 2 heterocycles. The summed E-state index contributed by atoms with van der Waals surface area (Å²) in [6.45, 7) is 4.63. The second kappa shape index (κ2) is 11.3. The van der Waals surface area contributed by atoms with Gasteiger partial charge in [-0.15, -0.1) is 5.10 Å². The van der Waals surface area contributed by atoms with Crippen molar-refractivity contribution >= 4 is 44.5 Å². The molecule has 0 aliphatic carbocycles. The number of fused-ring (bicyclic) bond motifs is 2. The van der Waals surface area contributed by atoms with Crippen LogP contribution in [-0.2, 0) is 4.79 Å². The van der Waals surface area contributed by atoms with Gasteiger partial charge in [-0.25, -0.2) is 5.01 Å². The molecule has 34 heavy (non-hydrogen) atoms. The third kappa shape index (κ3) is 5.10. The van der Waals surface area contributed by atoms with Crippen molar-refractivity contribution < 1.29 is 14.3 Å². The van der Waals surface area contributed by atoms with Crippen molar-refractivity contribution in [3.63, 3.8) is 0 Å². The number of halogens is 1. The predicted octanol–water partition coefficient (Wildman–Crippen LogP) is 4.31. The van der Waals surface area contributed by atoms with Crippen molar-refractivity contribution in [3.05, 3.63) is 57.0 Å². The maximum absolute atomic E-state index is 13.3. The van der Waals surface area contributed by atoms with Gasteiger partial charge in [-0.05, 0) is 31.5 Å². The van der Waals surface area contributed by atoms with Crippen molar-refractivity contribution in [1.82, 2.24) is 10.3 Å². The summed E-state index contributed by atoms with van der Waals surface area (Å²) < 4.78 is 12.1. The number of ether oxygens (including phenoxy) is 2. The first-order chi connectivity index (χ1) is 16.6. The molecule has 1 N–H and O–H groups in total. The van der Waals surface area contributed by atoms with Crippen molar-refractivity contribution in [2.75, 3.05) is 19.5 Å². The number of para-hydroxylation sites is 1. The summed E-state index contributed by atoms with van der Waals surface area (Å²) in [4.78, 5) is 18.3. The van der Waals surface area contributed by atoms with Crippen LogP contribution in [0.4, 0.5) is 0 Å². The smallest absolute Gasteiger partial charge is 0.276 e. The zero-order valence-corrected chi connectivity index (χ0v) is 22.0. The monoisotopic (exact) mass is 544 g/mol. The molecule has 0 saturated carbocycles. The molecule has 2 aliphatic rings. The van der Waals surface area contributed by atoms with E-state index in [1.165, 1.54) is 19.3 Å². The average Bonchev–Trinajstić information content (AvgIpc) is 2.84. The Labute approximate surface area is 212 Å². The van der Waals surface area contributed by atoms with Crippen LogP contribution in [0.15, 0.2) is 51.0 Å². The Balaban J connectivity index is 1.77. The molecule has 2 aromatic rings. The van der Waals surface area contributed by atoms with Crippen LogP contribution in [0.1, 0.15) is 51.3 Å². The van der Waals surface area contributed by atoms with E-state index in [0.29, 0.717) is 29.0 Å². The number of methoxy groups -OCH3 is 1. The summed E-state index contributed by atoms with van der Waals surface area (Å²) >= 11 is 5.25. The quantitative estimate of drug-likeness (QED) is 0.476. The van der Waals surface area contributed by atoms with Crippen molar-refractivity contribution in [2.45, 2.75) is 45.7 Å². The Morgan fingerprint density at radius 1 is 1.15 bits per heavy atom. The summed E-state index contributed by atoms with van der Waals surface area (Å²) in [5.41, 5.74) is 1.33. The number of thioether (sulfide) groups is 1. The molecule has 0 spiro atoms. The number of hydrogen-bond donors (Lipinski definition) is 1.